The van der Waals surface area contributed by atoms with Crippen LogP contribution in [0.1, 0.15) is 17.2 Å². The van der Waals surface area contributed by atoms with Gasteiger partial charge in [-0.3, -0.25) is 14.5 Å². The molecule has 0 saturated carbocycles. The molecule has 2 N–H and O–H groups in total. The number of methoxy groups -OCH3 is 2. The first kappa shape index (κ1) is 24.7. The Morgan fingerprint density at radius 1 is 1.08 bits per heavy atom. The lowest BCUT2D eigenvalue weighted by atomic mass is 9.95. The lowest BCUT2D eigenvalue weighted by molar-refractivity contribution is -0.132. The van der Waals surface area contributed by atoms with Gasteiger partial charge in [0.15, 0.2) is 16.6 Å². The van der Waals surface area contributed by atoms with Crippen molar-refractivity contribution in [2.75, 3.05) is 19.1 Å². The summed E-state index contributed by atoms with van der Waals surface area (Å²) in [6.45, 7) is 0. The molecule has 5 rings (SSSR count). The third-order valence-corrected chi connectivity index (χ3v) is 7.56. The summed E-state index contributed by atoms with van der Waals surface area (Å²) in [6, 6.07) is 12.0. The fraction of sp³-hybridized carbons (Fsp3) is 0.115. The Balaban J connectivity index is 1.76. The van der Waals surface area contributed by atoms with Crippen molar-refractivity contribution in [3.8, 4) is 17.2 Å². The lowest BCUT2D eigenvalue weighted by Crippen LogP contribution is -2.29. The van der Waals surface area contributed by atoms with Crippen LogP contribution in [-0.4, -0.2) is 41.1 Å². The molecule has 1 atom stereocenters. The highest BCUT2D eigenvalue weighted by Gasteiger charge is 2.48. The van der Waals surface area contributed by atoms with Gasteiger partial charge in [-0.2, -0.15) is 0 Å². The smallest absolute Gasteiger partial charge is 0.301 e. The molecular weight excluding hydrogens is 567 g/mol. The molecule has 1 amide bonds. The molecule has 0 radical (unpaired) electrons. The fourth-order valence-electron chi connectivity index (χ4n) is 4.14. The Kier molecular flexibility index (Phi) is 6.34. The number of halogens is 2. The van der Waals surface area contributed by atoms with Crippen LogP contribution in [0.3, 0.4) is 0 Å². The number of ether oxygens (including phenoxy) is 2. The maximum atomic E-state index is 13.5. The molecule has 37 heavy (non-hydrogen) atoms. The summed E-state index contributed by atoms with van der Waals surface area (Å²) in [5.41, 5.74) is 0.891. The Hall–Kier alpha value is -3.96. The summed E-state index contributed by atoms with van der Waals surface area (Å²) in [7, 11) is 2.90. The van der Waals surface area contributed by atoms with Crippen LogP contribution in [0.25, 0.3) is 16.0 Å². The van der Waals surface area contributed by atoms with Crippen molar-refractivity contribution in [3.63, 3.8) is 0 Å². The number of carbonyl (C=O) groups is 2. The average Bonchev–Trinajstić information content (AvgIpc) is 3.43. The predicted molar refractivity (Wildman–Crippen MR) is 140 cm³/mol. The van der Waals surface area contributed by atoms with Crippen LogP contribution in [0, 0.1) is 5.82 Å². The molecule has 3 aromatic carbocycles. The zero-order chi connectivity index (χ0) is 26.4. The number of amides is 1. The minimum Gasteiger partial charge on any atom is -0.507 e. The van der Waals surface area contributed by atoms with E-state index in [1.165, 1.54) is 54.7 Å². The fourth-order valence-corrected chi connectivity index (χ4v) is 5.62. The maximum Gasteiger partial charge on any atom is 0.301 e. The summed E-state index contributed by atoms with van der Waals surface area (Å²) in [6.07, 6.45) is 0. The zero-order valence-corrected chi connectivity index (χ0v) is 21.8. The van der Waals surface area contributed by atoms with Crippen molar-refractivity contribution in [1.29, 1.82) is 0 Å². The summed E-state index contributed by atoms with van der Waals surface area (Å²) < 4.78 is 25.0. The Bertz CT molecular complexity index is 1600. The number of ketones is 1. The number of aromatic hydroxyl groups is 1. The second kappa shape index (κ2) is 9.49. The third kappa shape index (κ3) is 4.19. The van der Waals surface area contributed by atoms with E-state index in [0.717, 1.165) is 16.8 Å². The van der Waals surface area contributed by atoms with E-state index < -0.39 is 29.3 Å². The van der Waals surface area contributed by atoms with E-state index in [-0.39, 0.29) is 32.2 Å². The van der Waals surface area contributed by atoms with Gasteiger partial charge in [-0.15, -0.1) is 0 Å². The second-order valence-corrected chi connectivity index (χ2v) is 9.92. The molecule has 1 unspecified atom stereocenters. The van der Waals surface area contributed by atoms with E-state index in [0.29, 0.717) is 16.8 Å². The number of aromatic nitrogens is 1. The van der Waals surface area contributed by atoms with Crippen molar-refractivity contribution in [2.24, 2.45) is 0 Å². The van der Waals surface area contributed by atoms with Crippen LogP contribution >= 0.6 is 27.3 Å². The van der Waals surface area contributed by atoms with Gasteiger partial charge in [0.25, 0.3) is 5.78 Å². The topological polar surface area (TPSA) is 109 Å². The number of carbonyl (C=O) groups excluding carboxylic acids is 2. The molecule has 2 heterocycles. The Labute approximate surface area is 222 Å². The highest BCUT2D eigenvalue weighted by atomic mass is 79.9. The average molecular weight is 585 g/mol. The number of phenols is 1. The van der Waals surface area contributed by atoms with Gasteiger partial charge in [0.05, 0.1) is 40.5 Å². The SMILES string of the molecule is COc1ccc2nc(N3C(=O)C(=O)/C(=C(/O)c4ccc(F)cc4)C3c3cc(Br)c(O)c(OC)c3)sc2c1. The number of phenolic OH excluding ortho intramolecular Hbond substituents is 1. The quantitative estimate of drug-likeness (QED) is 0.180. The molecule has 1 aliphatic rings. The minimum absolute atomic E-state index is 0.0887. The monoisotopic (exact) mass is 584 g/mol. The first-order chi connectivity index (χ1) is 17.7. The largest absolute Gasteiger partial charge is 0.507 e. The summed E-state index contributed by atoms with van der Waals surface area (Å²) in [5.74, 6) is -2.32. The van der Waals surface area contributed by atoms with Crippen LogP contribution in [-0.2, 0) is 9.59 Å². The van der Waals surface area contributed by atoms with E-state index in [1.807, 2.05) is 0 Å². The van der Waals surface area contributed by atoms with Gasteiger partial charge in [0.1, 0.15) is 17.3 Å². The van der Waals surface area contributed by atoms with E-state index in [9.17, 15) is 24.2 Å². The third-order valence-electron chi connectivity index (χ3n) is 5.94. The second-order valence-electron chi connectivity index (χ2n) is 8.06. The van der Waals surface area contributed by atoms with Crippen molar-refractivity contribution >= 4 is 60.1 Å². The zero-order valence-electron chi connectivity index (χ0n) is 19.4. The number of benzene rings is 3. The van der Waals surface area contributed by atoms with Crippen LogP contribution in [0.15, 0.2) is 64.6 Å². The first-order valence-corrected chi connectivity index (χ1v) is 12.4. The highest BCUT2D eigenvalue weighted by molar-refractivity contribution is 9.10. The molecule has 0 bridgehead atoms. The molecular formula is C26H18BrFN2O6S. The number of nitrogens with zero attached hydrogens (tertiary/aromatic N) is 2. The predicted octanol–water partition coefficient (Wildman–Crippen LogP) is 5.55. The highest BCUT2D eigenvalue weighted by Crippen LogP contribution is 2.47. The molecule has 4 aromatic rings. The standard InChI is InChI=1S/C26H18BrFN2O6S/c1-35-15-7-8-17-19(11-15)37-26(29-17)30-21(13-9-16(27)23(32)18(10-13)36-2)20(24(33)25(30)34)22(31)12-3-5-14(28)6-4-12/h3-11,21,31-32H,1-2H3/b22-20+. The molecule has 11 heteroatoms. The molecule has 0 spiro atoms. The number of thiazole rings is 1. The van der Waals surface area contributed by atoms with Crippen molar-refractivity contribution in [1.82, 2.24) is 4.98 Å². The van der Waals surface area contributed by atoms with Gasteiger partial charge in [-0.05, 0) is 76.1 Å². The molecule has 188 valence electrons. The van der Waals surface area contributed by atoms with Crippen molar-refractivity contribution in [3.05, 3.63) is 81.6 Å². The number of fused-ring (bicyclic) bond motifs is 1. The van der Waals surface area contributed by atoms with Gasteiger partial charge < -0.3 is 19.7 Å². The van der Waals surface area contributed by atoms with Gasteiger partial charge in [-0.1, -0.05) is 11.3 Å². The molecule has 1 aromatic heterocycles. The molecule has 0 aliphatic carbocycles. The van der Waals surface area contributed by atoms with Gasteiger partial charge >= 0.3 is 5.91 Å². The molecule has 8 nitrogen and oxygen atoms in total. The lowest BCUT2D eigenvalue weighted by Gasteiger charge is -2.24. The molecule has 1 fully saturated rings. The normalized spacial score (nSPS) is 17.0. The number of hydrogen-bond acceptors (Lipinski definition) is 8. The summed E-state index contributed by atoms with van der Waals surface area (Å²) in [5, 5.41) is 21.7. The number of aliphatic hydroxyl groups excluding tert-OH is 1. The Morgan fingerprint density at radius 3 is 2.49 bits per heavy atom. The van der Waals surface area contributed by atoms with Crippen LogP contribution in [0.2, 0.25) is 0 Å². The van der Waals surface area contributed by atoms with Gasteiger partial charge in [0.2, 0.25) is 0 Å². The number of rotatable bonds is 5. The molecule has 1 saturated heterocycles. The van der Waals surface area contributed by atoms with Crippen LogP contribution in [0.5, 0.6) is 17.2 Å². The van der Waals surface area contributed by atoms with Crippen molar-refractivity contribution < 1.29 is 33.7 Å². The number of hydrogen-bond donors (Lipinski definition) is 2. The van der Waals surface area contributed by atoms with Gasteiger partial charge in [-0.25, -0.2) is 9.37 Å². The first-order valence-electron chi connectivity index (χ1n) is 10.8. The summed E-state index contributed by atoms with van der Waals surface area (Å²) in [4.78, 5) is 32.5. The number of Topliss-reactive ketones (excluding diaryl/α,β-unsaturated/α-hetero) is 1. The summed E-state index contributed by atoms with van der Waals surface area (Å²) >= 11 is 4.45. The van der Waals surface area contributed by atoms with Crippen LogP contribution in [0.4, 0.5) is 9.52 Å². The van der Waals surface area contributed by atoms with E-state index in [4.69, 9.17) is 9.47 Å². The number of aliphatic hydroxyl groups is 1. The molecule has 1 aliphatic heterocycles. The van der Waals surface area contributed by atoms with Gasteiger partial charge in [0, 0.05) is 5.56 Å². The van der Waals surface area contributed by atoms with Crippen LogP contribution < -0.4 is 14.4 Å². The Morgan fingerprint density at radius 2 is 1.81 bits per heavy atom. The van der Waals surface area contributed by atoms with E-state index in [2.05, 4.69) is 20.9 Å². The van der Waals surface area contributed by atoms with Crippen molar-refractivity contribution in [2.45, 2.75) is 6.04 Å². The van der Waals surface area contributed by atoms with E-state index in [1.54, 1.807) is 18.2 Å². The minimum atomic E-state index is -1.13. The number of anilines is 1. The maximum absolute atomic E-state index is 13.5. The van der Waals surface area contributed by atoms with E-state index >= 15 is 0 Å².